The van der Waals surface area contributed by atoms with Crippen molar-refractivity contribution >= 4 is 33.2 Å². The molecule has 0 bridgehead atoms. The van der Waals surface area contributed by atoms with E-state index in [1.807, 2.05) is 19.9 Å². The fourth-order valence-corrected chi connectivity index (χ4v) is 3.66. The summed E-state index contributed by atoms with van der Waals surface area (Å²) in [5, 5.41) is 3.26. The van der Waals surface area contributed by atoms with E-state index in [1.165, 1.54) is 24.3 Å². The molecule has 6 nitrogen and oxygen atoms in total. The molecule has 1 amide bonds. The predicted octanol–water partition coefficient (Wildman–Crippen LogP) is 3.74. The third-order valence-electron chi connectivity index (χ3n) is 3.93. The summed E-state index contributed by atoms with van der Waals surface area (Å²) >= 11 is 6.03. The number of carbonyl (C=O) groups excluding carboxylic acids is 1. The van der Waals surface area contributed by atoms with Gasteiger partial charge in [0.25, 0.3) is 5.91 Å². The number of rotatable bonds is 8. The molecule has 0 saturated carbocycles. The summed E-state index contributed by atoms with van der Waals surface area (Å²) in [5.41, 5.74) is 1.50. The maximum absolute atomic E-state index is 12.2. The highest BCUT2D eigenvalue weighted by Gasteiger charge is 2.16. The van der Waals surface area contributed by atoms with Crippen molar-refractivity contribution in [3.63, 3.8) is 0 Å². The Balaban J connectivity index is 1.92. The minimum atomic E-state index is -3.57. The second kappa shape index (κ2) is 9.21. The van der Waals surface area contributed by atoms with E-state index in [0.29, 0.717) is 22.9 Å². The Morgan fingerprint density at radius 2 is 1.85 bits per heavy atom. The minimum Gasteiger partial charge on any atom is -0.484 e. The van der Waals surface area contributed by atoms with E-state index in [4.69, 9.17) is 16.3 Å². The highest BCUT2D eigenvalue weighted by molar-refractivity contribution is 7.89. The van der Waals surface area contributed by atoms with Crippen LogP contribution in [0, 0.1) is 6.92 Å². The summed E-state index contributed by atoms with van der Waals surface area (Å²) in [7, 11) is -3.57. The van der Waals surface area contributed by atoms with Gasteiger partial charge in [-0.25, -0.2) is 13.1 Å². The van der Waals surface area contributed by atoms with Crippen molar-refractivity contribution in [2.24, 2.45) is 0 Å². The summed E-state index contributed by atoms with van der Waals surface area (Å²) in [5.74, 6) is 0.0552. The maximum Gasteiger partial charge on any atom is 0.262 e. The van der Waals surface area contributed by atoms with Gasteiger partial charge in [0.1, 0.15) is 5.75 Å². The third-order valence-corrected chi connectivity index (χ3v) is 5.94. The quantitative estimate of drug-likeness (QED) is 0.694. The molecule has 0 aliphatic heterocycles. The molecule has 8 heteroatoms. The van der Waals surface area contributed by atoms with Crippen LogP contribution in [0.15, 0.2) is 47.4 Å². The maximum atomic E-state index is 12.2. The molecule has 0 radical (unpaired) electrons. The molecule has 0 saturated heterocycles. The Morgan fingerprint density at radius 3 is 2.44 bits per heavy atom. The lowest BCUT2D eigenvalue weighted by atomic mass is 10.2. The minimum absolute atomic E-state index is 0.147. The SMILES string of the molecule is CC[C@@H](C)NS(=O)(=O)c1ccc(OCC(=O)Nc2ccc(C)c(Cl)c2)cc1. The van der Waals surface area contributed by atoms with Crippen LogP contribution in [0.5, 0.6) is 5.75 Å². The number of hydrogen-bond donors (Lipinski definition) is 2. The zero-order valence-electron chi connectivity index (χ0n) is 15.5. The van der Waals surface area contributed by atoms with E-state index in [1.54, 1.807) is 19.1 Å². The molecule has 0 aromatic heterocycles. The van der Waals surface area contributed by atoms with E-state index < -0.39 is 10.0 Å². The summed E-state index contributed by atoms with van der Waals surface area (Å²) in [6.07, 6.45) is 0.696. The zero-order valence-corrected chi connectivity index (χ0v) is 17.0. The number of aryl methyl sites for hydroxylation is 1. The lowest BCUT2D eigenvalue weighted by molar-refractivity contribution is -0.118. The molecule has 27 heavy (non-hydrogen) atoms. The van der Waals surface area contributed by atoms with E-state index in [-0.39, 0.29) is 23.5 Å². The van der Waals surface area contributed by atoms with Crippen molar-refractivity contribution in [2.75, 3.05) is 11.9 Å². The molecule has 0 fully saturated rings. The molecular formula is C19H23ClN2O4S. The molecule has 0 heterocycles. The van der Waals surface area contributed by atoms with Gasteiger partial charge in [0.05, 0.1) is 4.90 Å². The van der Waals surface area contributed by atoms with Crippen LogP contribution in [-0.4, -0.2) is 27.0 Å². The zero-order chi connectivity index (χ0) is 20.0. The molecule has 2 aromatic rings. The molecule has 0 aliphatic rings. The largest absolute Gasteiger partial charge is 0.484 e. The number of ether oxygens (including phenoxy) is 1. The highest BCUT2D eigenvalue weighted by Crippen LogP contribution is 2.20. The molecule has 146 valence electrons. The van der Waals surface area contributed by atoms with E-state index in [9.17, 15) is 13.2 Å². The highest BCUT2D eigenvalue weighted by atomic mass is 35.5. The lowest BCUT2D eigenvalue weighted by Gasteiger charge is -2.12. The predicted molar refractivity (Wildman–Crippen MR) is 107 cm³/mol. The van der Waals surface area contributed by atoms with Gasteiger partial charge in [-0.05, 0) is 62.2 Å². The topological polar surface area (TPSA) is 84.5 Å². The second-order valence-electron chi connectivity index (χ2n) is 6.20. The van der Waals surface area contributed by atoms with Crippen LogP contribution < -0.4 is 14.8 Å². The monoisotopic (exact) mass is 410 g/mol. The normalized spacial score (nSPS) is 12.4. The second-order valence-corrected chi connectivity index (χ2v) is 8.32. The first-order valence-corrected chi connectivity index (χ1v) is 10.4. The van der Waals surface area contributed by atoms with E-state index >= 15 is 0 Å². The van der Waals surface area contributed by atoms with Gasteiger partial charge in [0, 0.05) is 16.8 Å². The number of nitrogens with one attached hydrogen (secondary N) is 2. The van der Waals surface area contributed by atoms with E-state index in [2.05, 4.69) is 10.0 Å². The van der Waals surface area contributed by atoms with Crippen LogP contribution in [0.1, 0.15) is 25.8 Å². The molecule has 0 unspecified atom stereocenters. The van der Waals surface area contributed by atoms with Crippen molar-refractivity contribution in [3.8, 4) is 5.75 Å². The van der Waals surface area contributed by atoms with Gasteiger partial charge in [-0.1, -0.05) is 24.6 Å². The molecule has 1 atom stereocenters. The first-order valence-electron chi connectivity index (χ1n) is 8.52. The summed E-state index contributed by atoms with van der Waals surface area (Å²) in [6, 6.07) is 11.0. The standard InChI is InChI=1S/C19H23ClN2O4S/c1-4-14(3)22-27(24,25)17-9-7-16(8-10-17)26-12-19(23)21-15-6-5-13(2)18(20)11-15/h5-11,14,22H,4,12H2,1-3H3,(H,21,23)/t14-/m1/s1. The first kappa shape index (κ1) is 21.2. The van der Waals surface area contributed by atoms with Gasteiger partial charge >= 0.3 is 0 Å². The van der Waals surface area contributed by atoms with Gasteiger partial charge < -0.3 is 10.1 Å². The number of sulfonamides is 1. The number of benzene rings is 2. The van der Waals surface area contributed by atoms with Gasteiger partial charge in [0.15, 0.2) is 6.61 Å². The lowest BCUT2D eigenvalue weighted by Crippen LogP contribution is -2.31. The number of anilines is 1. The Bertz CT molecular complexity index is 898. The Morgan fingerprint density at radius 1 is 1.19 bits per heavy atom. The number of halogens is 1. The van der Waals surface area contributed by atoms with Crippen LogP contribution in [0.3, 0.4) is 0 Å². The number of amides is 1. The molecule has 2 rings (SSSR count). The van der Waals surface area contributed by atoms with Crippen molar-refractivity contribution in [1.29, 1.82) is 0 Å². The van der Waals surface area contributed by atoms with Crippen molar-refractivity contribution in [2.45, 2.75) is 38.1 Å². The van der Waals surface area contributed by atoms with Gasteiger partial charge in [-0.2, -0.15) is 0 Å². The van der Waals surface area contributed by atoms with Crippen LogP contribution >= 0.6 is 11.6 Å². The number of hydrogen-bond acceptors (Lipinski definition) is 4. The van der Waals surface area contributed by atoms with Crippen molar-refractivity contribution in [1.82, 2.24) is 4.72 Å². The van der Waals surface area contributed by atoms with Gasteiger partial charge in [-0.15, -0.1) is 0 Å². The third kappa shape index (κ3) is 6.23. The number of carbonyl (C=O) groups is 1. The average Bonchev–Trinajstić information content (AvgIpc) is 2.63. The molecule has 2 aromatic carbocycles. The van der Waals surface area contributed by atoms with Crippen LogP contribution in [0.2, 0.25) is 5.02 Å². The molecule has 0 spiro atoms. The fourth-order valence-electron chi connectivity index (χ4n) is 2.15. The average molecular weight is 411 g/mol. The summed E-state index contributed by atoms with van der Waals surface area (Å²) < 4.78 is 32.4. The molecular weight excluding hydrogens is 388 g/mol. The Hall–Kier alpha value is -2.09. The smallest absolute Gasteiger partial charge is 0.262 e. The summed E-state index contributed by atoms with van der Waals surface area (Å²) in [6.45, 7) is 5.37. The molecule has 2 N–H and O–H groups in total. The first-order chi connectivity index (χ1) is 12.7. The van der Waals surface area contributed by atoms with Crippen LogP contribution in [-0.2, 0) is 14.8 Å². The van der Waals surface area contributed by atoms with Crippen LogP contribution in [0.25, 0.3) is 0 Å². The fraction of sp³-hybridized carbons (Fsp3) is 0.316. The van der Waals surface area contributed by atoms with Gasteiger partial charge in [0.2, 0.25) is 10.0 Å². The Kier molecular flexibility index (Phi) is 7.24. The van der Waals surface area contributed by atoms with Crippen molar-refractivity contribution < 1.29 is 17.9 Å². The van der Waals surface area contributed by atoms with Gasteiger partial charge in [-0.3, -0.25) is 4.79 Å². The molecule has 0 aliphatic carbocycles. The van der Waals surface area contributed by atoms with Crippen molar-refractivity contribution in [3.05, 3.63) is 53.1 Å². The Labute approximate surface area is 164 Å². The summed E-state index contributed by atoms with van der Waals surface area (Å²) in [4.78, 5) is 12.1. The van der Waals surface area contributed by atoms with Crippen LogP contribution in [0.4, 0.5) is 5.69 Å². The van der Waals surface area contributed by atoms with E-state index in [0.717, 1.165) is 5.56 Å².